The summed E-state index contributed by atoms with van der Waals surface area (Å²) in [5.74, 6) is 1.11. The van der Waals surface area contributed by atoms with Crippen LogP contribution in [-0.4, -0.2) is 40.6 Å². The van der Waals surface area contributed by atoms with E-state index < -0.39 is 6.03 Å². The molecule has 1 aliphatic carbocycles. The average molecular weight is 501 g/mol. The Kier molecular flexibility index (Phi) is 6.63. The molecule has 190 valence electrons. The second-order valence-electron chi connectivity index (χ2n) is 8.90. The maximum atomic E-state index is 13.6. The fourth-order valence-electron chi connectivity index (χ4n) is 4.82. The number of hydrogen-bond acceptors (Lipinski definition) is 7. The van der Waals surface area contributed by atoms with Crippen molar-refractivity contribution in [1.29, 1.82) is 0 Å². The first-order chi connectivity index (χ1) is 18.0. The molecule has 5 rings (SSSR count). The summed E-state index contributed by atoms with van der Waals surface area (Å²) in [6, 6.07) is 11.6. The number of aromatic nitrogens is 3. The molecule has 4 aromatic rings. The molecule has 0 saturated heterocycles. The van der Waals surface area contributed by atoms with Crippen molar-refractivity contribution in [1.82, 2.24) is 14.5 Å². The lowest BCUT2D eigenvalue weighted by molar-refractivity contribution is 0.104. The van der Waals surface area contributed by atoms with Crippen LogP contribution in [0.5, 0.6) is 11.5 Å². The molecule has 1 saturated carbocycles. The number of nitrogen functional groups attached to an aromatic ring is 1. The highest BCUT2D eigenvalue weighted by atomic mass is 16.5. The number of nitrogens with two attached hydrogens (primary N) is 1. The van der Waals surface area contributed by atoms with Crippen LogP contribution >= 0.6 is 0 Å². The van der Waals surface area contributed by atoms with Gasteiger partial charge in [0.1, 0.15) is 29.3 Å². The number of ketones is 1. The lowest BCUT2D eigenvalue weighted by Gasteiger charge is -2.13. The lowest BCUT2D eigenvalue weighted by atomic mass is 10.0. The van der Waals surface area contributed by atoms with E-state index in [1.165, 1.54) is 13.4 Å². The van der Waals surface area contributed by atoms with Crippen LogP contribution in [0.2, 0.25) is 0 Å². The number of nitrogens with zero attached hydrogens (tertiary/aromatic N) is 3. The molecule has 4 N–H and O–H groups in total. The van der Waals surface area contributed by atoms with Crippen molar-refractivity contribution in [2.75, 3.05) is 30.6 Å². The minimum Gasteiger partial charge on any atom is -0.497 e. The Bertz CT molecular complexity index is 1480. The molecule has 37 heavy (non-hydrogen) atoms. The summed E-state index contributed by atoms with van der Waals surface area (Å²) in [4.78, 5) is 34.9. The van der Waals surface area contributed by atoms with E-state index >= 15 is 0 Å². The van der Waals surface area contributed by atoms with E-state index in [1.807, 2.05) is 6.20 Å². The summed E-state index contributed by atoms with van der Waals surface area (Å²) >= 11 is 0. The van der Waals surface area contributed by atoms with Crippen LogP contribution < -0.4 is 25.8 Å². The van der Waals surface area contributed by atoms with Crippen molar-refractivity contribution in [2.45, 2.75) is 31.7 Å². The fourth-order valence-corrected chi connectivity index (χ4v) is 4.82. The highest BCUT2D eigenvalue weighted by molar-refractivity contribution is 6.18. The number of carbonyl (C=O) groups is 2. The Hall–Kier alpha value is -4.60. The summed E-state index contributed by atoms with van der Waals surface area (Å²) in [5.41, 5.74) is 8.66. The molecule has 1 fully saturated rings. The Morgan fingerprint density at radius 1 is 1.03 bits per heavy atom. The molecule has 0 unspecified atom stereocenters. The third-order valence-corrected chi connectivity index (χ3v) is 6.64. The normalized spacial score (nSPS) is 13.5. The van der Waals surface area contributed by atoms with Crippen molar-refractivity contribution >= 4 is 40.0 Å². The fraction of sp³-hybridized carbons (Fsp3) is 0.259. The van der Waals surface area contributed by atoms with E-state index in [2.05, 4.69) is 25.2 Å². The monoisotopic (exact) mass is 500 g/mol. The van der Waals surface area contributed by atoms with E-state index in [9.17, 15) is 9.59 Å². The zero-order valence-electron chi connectivity index (χ0n) is 20.7. The number of ether oxygens (including phenoxy) is 2. The van der Waals surface area contributed by atoms with Crippen molar-refractivity contribution in [3.05, 3.63) is 66.1 Å². The summed E-state index contributed by atoms with van der Waals surface area (Å²) in [6.45, 7) is 0. The predicted molar refractivity (Wildman–Crippen MR) is 142 cm³/mol. The highest BCUT2D eigenvalue weighted by Gasteiger charge is 2.25. The summed E-state index contributed by atoms with van der Waals surface area (Å²) < 4.78 is 12.6. The first kappa shape index (κ1) is 24.1. The number of amides is 2. The molecule has 0 radical (unpaired) electrons. The van der Waals surface area contributed by atoms with Crippen molar-refractivity contribution in [3.8, 4) is 11.5 Å². The van der Waals surface area contributed by atoms with Gasteiger partial charge in [0, 0.05) is 29.6 Å². The van der Waals surface area contributed by atoms with Gasteiger partial charge in [0.15, 0.2) is 5.78 Å². The van der Waals surface area contributed by atoms with Gasteiger partial charge < -0.3 is 30.4 Å². The Morgan fingerprint density at radius 2 is 1.84 bits per heavy atom. The molecule has 2 aromatic heterocycles. The van der Waals surface area contributed by atoms with Gasteiger partial charge in [-0.2, -0.15) is 0 Å². The van der Waals surface area contributed by atoms with Gasteiger partial charge in [-0.3, -0.25) is 4.79 Å². The summed E-state index contributed by atoms with van der Waals surface area (Å²) in [5, 5.41) is 6.09. The Balaban J connectivity index is 1.39. The predicted octanol–water partition coefficient (Wildman–Crippen LogP) is 5.02. The van der Waals surface area contributed by atoms with Crippen LogP contribution in [0.25, 0.3) is 11.0 Å². The van der Waals surface area contributed by atoms with Crippen molar-refractivity contribution < 1.29 is 19.1 Å². The van der Waals surface area contributed by atoms with Gasteiger partial charge >= 0.3 is 6.03 Å². The molecular weight excluding hydrogens is 472 g/mol. The minimum atomic E-state index is -0.483. The van der Waals surface area contributed by atoms with Crippen LogP contribution in [0, 0.1) is 0 Å². The first-order valence-electron chi connectivity index (χ1n) is 12.0. The number of benzene rings is 2. The second-order valence-corrected chi connectivity index (χ2v) is 8.90. The van der Waals surface area contributed by atoms with Gasteiger partial charge in [-0.1, -0.05) is 25.0 Å². The van der Waals surface area contributed by atoms with Crippen LogP contribution in [0.4, 0.5) is 22.0 Å². The zero-order valence-corrected chi connectivity index (χ0v) is 20.7. The van der Waals surface area contributed by atoms with Gasteiger partial charge in [0.25, 0.3) is 0 Å². The van der Waals surface area contributed by atoms with Gasteiger partial charge in [0.2, 0.25) is 0 Å². The van der Waals surface area contributed by atoms with Gasteiger partial charge in [-0.05, 0) is 37.1 Å². The molecule has 10 heteroatoms. The quantitative estimate of drug-likeness (QED) is 0.303. The first-order valence-corrected chi connectivity index (χ1v) is 12.0. The zero-order chi connectivity index (χ0) is 25.9. The van der Waals surface area contributed by atoms with E-state index in [0.29, 0.717) is 45.0 Å². The SMILES string of the molecule is COc1ccc(NC(=O)Nc2cccc(C(=O)c3cn(C4CCCC4)c4ncnc(N)c34)c2)c(OC)c1. The lowest BCUT2D eigenvalue weighted by Crippen LogP contribution is -2.20. The molecule has 2 amide bonds. The van der Waals surface area contributed by atoms with Gasteiger partial charge in [-0.15, -0.1) is 0 Å². The van der Waals surface area contributed by atoms with Gasteiger partial charge in [-0.25, -0.2) is 14.8 Å². The van der Waals surface area contributed by atoms with Crippen LogP contribution in [-0.2, 0) is 0 Å². The molecule has 1 aliphatic rings. The largest absolute Gasteiger partial charge is 0.497 e. The highest BCUT2D eigenvalue weighted by Crippen LogP contribution is 2.36. The van der Waals surface area contributed by atoms with Crippen LogP contribution in [0.1, 0.15) is 47.6 Å². The van der Waals surface area contributed by atoms with E-state index in [-0.39, 0.29) is 17.6 Å². The number of rotatable bonds is 7. The number of carbonyl (C=O) groups excluding carboxylic acids is 2. The average Bonchev–Trinajstić information content (AvgIpc) is 3.57. The summed E-state index contributed by atoms with van der Waals surface area (Å²) in [6.07, 6.45) is 7.64. The smallest absolute Gasteiger partial charge is 0.323 e. The minimum absolute atomic E-state index is 0.218. The molecule has 2 heterocycles. The molecular formula is C27H28N6O4. The second kappa shape index (κ2) is 10.2. The molecule has 0 aliphatic heterocycles. The Morgan fingerprint density at radius 3 is 2.59 bits per heavy atom. The summed E-state index contributed by atoms with van der Waals surface area (Å²) in [7, 11) is 3.06. The number of fused-ring (bicyclic) bond motifs is 1. The molecule has 0 atom stereocenters. The van der Waals surface area contributed by atoms with E-state index in [4.69, 9.17) is 15.2 Å². The number of anilines is 3. The number of nitrogens with one attached hydrogen (secondary N) is 2. The number of methoxy groups -OCH3 is 2. The maximum Gasteiger partial charge on any atom is 0.323 e. The maximum absolute atomic E-state index is 13.6. The molecule has 2 aromatic carbocycles. The van der Waals surface area contributed by atoms with Crippen molar-refractivity contribution in [2.24, 2.45) is 0 Å². The van der Waals surface area contributed by atoms with Crippen LogP contribution in [0.3, 0.4) is 0 Å². The van der Waals surface area contributed by atoms with E-state index in [1.54, 1.807) is 49.6 Å². The third-order valence-electron chi connectivity index (χ3n) is 6.64. The van der Waals surface area contributed by atoms with Gasteiger partial charge in [0.05, 0.1) is 30.9 Å². The topological polar surface area (TPSA) is 133 Å². The molecule has 10 nitrogen and oxygen atoms in total. The van der Waals surface area contributed by atoms with E-state index in [0.717, 1.165) is 25.7 Å². The standard InChI is InChI=1S/C27H28N6O4/c1-36-19-10-11-21(22(13-19)37-2)32-27(35)31-17-7-5-6-16(12-17)24(34)20-14-33(18-8-3-4-9-18)26-23(20)25(28)29-15-30-26/h5-7,10-15,18H,3-4,8-9H2,1-2H3,(H2,28,29,30)(H2,31,32,35). The number of hydrogen-bond donors (Lipinski definition) is 3. The van der Waals surface area contributed by atoms with Crippen molar-refractivity contribution in [3.63, 3.8) is 0 Å². The number of urea groups is 1. The molecule has 0 bridgehead atoms. The third kappa shape index (κ3) is 4.77. The van der Waals surface area contributed by atoms with Crippen LogP contribution in [0.15, 0.2) is 55.0 Å². The Labute approximate surface area is 213 Å². The molecule has 0 spiro atoms.